The van der Waals surface area contributed by atoms with Crippen molar-refractivity contribution in [2.75, 3.05) is 13.2 Å². The zero-order valence-corrected chi connectivity index (χ0v) is 9.69. The van der Waals surface area contributed by atoms with Crippen LogP contribution in [0.15, 0.2) is 4.52 Å². The van der Waals surface area contributed by atoms with Crippen molar-refractivity contribution in [3.05, 3.63) is 11.7 Å². The second-order valence-corrected chi connectivity index (χ2v) is 4.24. The minimum absolute atomic E-state index is 0.279. The SMILES string of the molecule is CCOCC(N)c1noc(C2CCCC2)n1. The third kappa shape index (κ3) is 2.59. The van der Waals surface area contributed by atoms with Gasteiger partial charge in [0, 0.05) is 12.5 Å². The summed E-state index contributed by atoms with van der Waals surface area (Å²) >= 11 is 0. The minimum atomic E-state index is -0.279. The summed E-state index contributed by atoms with van der Waals surface area (Å²) in [5.74, 6) is 1.76. The van der Waals surface area contributed by atoms with E-state index in [1.165, 1.54) is 12.8 Å². The highest BCUT2D eigenvalue weighted by Crippen LogP contribution is 2.33. The molecule has 90 valence electrons. The van der Waals surface area contributed by atoms with Gasteiger partial charge in [0.25, 0.3) is 0 Å². The molecule has 1 saturated carbocycles. The summed E-state index contributed by atoms with van der Waals surface area (Å²) in [6.45, 7) is 3.04. The number of hydrogen-bond acceptors (Lipinski definition) is 5. The topological polar surface area (TPSA) is 74.2 Å². The molecule has 5 heteroatoms. The molecule has 0 radical (unpaired) electrons. The molecule has 0 saturated heterocycles. The molecule has 1 aliphatic rings. The van der Waals surface area contributed by atoms with E-state index in [2.05, 4.69) is 10.1 Å². The predicted molar refractivity (Wildman–Crippen MR) is 58.9 cm³/mol. The second kappa shape index (κ2) is 5.41. The molecule has 2 N–H and O–H groups in total. The zero-order valence-electron chi connectivity index (χ0n) is 9.69. The van der Waals surface area contributed by atoms with Gasteiger partial charge in [-0.1, -0.05) is 18.0 Å². The van der Waals surface area contributed by atoms with Crippen molar-refractivity contribution in [3.63, 3.8) is 0 Å². The van der Waals surface area contributed by atoms with Crippen molar-refractivity contribution in [2.45, 2.75) is 44.6 Å². The van der Waals surface area contributed by atoms with E-state index in [1.807, 2.05) is 6.92 Å². The van der Waals surface area contributed by atoms with Gasteiger partial charge in [-0.2, -0.15) is 4.98 Å². The smallest absolute Gasteiger partial charge is 0.229 e. The first kappa shape index (κ1) is 11.5. The van der Waals surface area contributed by atoms with E-state index in [0.717, 1.165) is 18.7 Å². The quantitative estimate of drug-likeness (QED) is 0.826. The van der Waals surface area contributed by atoms with Crippen molar-refractivity contribution in [1.82, 2.24) is 10.1 Å². The van der Waals surface area contributed by atoms with Crippen LogP contribution in [0.1, 0.15) is 56.3 Å². The number of nitrogens with two attached hydrogens (primary N) is 1. The molecule has 0 spiro atoms. The average molecular weight is 225 g/mol. The van der Waals surface area contributed by atoms with E-state index < -0.39 is 0 Å². The van der Waals surface area contributed by atoms with E-state index in [4.69, 9.17) is 15.0 Å². The molecule has 0 amide bonds. The first-order chi connectivity index (χ1) is 7.81. The van der Waals surface area contributed by atoms with E-state index in [0.29, 0.717) is 25.0 Å². The van der Waals surface area contributed by atoms with Gasteiger partial charge in [0.15, 0.2) is 5.82 Å². The van der Waals surface area contributed by atoms with Gasteiger partial charge in [-0.3, -0.25) is 0 Å². The van der Waals surface area contributed by atoms with Gasteiger partial charge in [0.2, 0.25) is 5.89 Å². The van der Waals surface area contributed by atoms with Crippen LogP contribution in [0.5, 0.6) is 0 Å². The summed E-state index contributed by atoms with van der Waals surface area (Å²) in [6.07, 6.45) is 4.82. The van der Waals surface area contributed by atoms with Crippen molar-refractivity contribution >= 4 is 0 Å². The summed E-state index contributed by atoms with van der Waals surface area (Å²) in [5, 5.41) is 3.92. The summed E-state index contributed by atoms with van der Waals surface area (Å²) < 4.78 is 10.5. The van der Waals surface area contributed by atoms with Crippen molar-refractivity contribution < 1.29 is 9.26 Å². The van der Waals surface area contributed by atoms with E-state index in [9.17, 15) is 0 Å². The Morgan fingerprint density at radius 1 is 1.50 bits per heavy atom. The molecule has 1 atom stereocenters. The lowest BCUT2D eigenvalue weighted by Crippen LogP contribution is -2.18. The Kier molecular flexibility index (Phi) is 3.90. The zero-order chi connectivity index (χ0) is 11.4. The summed E-state index contributed by atoms with van der Waals surface area (Å²) in [4.78, 5) is 4.36. The largest absolute Gasteiger partial charge is 0.380 e. The molecule has 2 rings (SSSR count). The Bertz CT molecular complexity index is 321. The maximum Gasteiger partial charge on any atom is 0.229 e. The fourth-order valence-corrected chi connectivity index (χ4v) is 2.06. The average Bonchev–Trinajstić information content (AvgIpc) is 2.94. The van der Waals surface area contributed by atoms with Crippen molar-refractivity contribution in [2.24, 2.45) is 5.73 Å². The molecular formula is C11H19N3O2. The lowest BCUT2D eigenvalue weighted by Gasteiger charge is -2.05. The highest BCUT2D eigenvalue weighted by Gasteiger charge is 2.24. The van der Waals surface area contributed by atoms with E-state index >= 15 is 0 Å². The standard InChI is InChI=1S/C11H19N3O2/c1-2-15-7-9(12)10-13-11(16-14-10)8-5-3-4-6-8/h8-9H,2-7,12H2,1H3. The van der Waals surface area contributed by atoms with Crippen LogP contribution >= 0.6 is 0 Å². The second-order valence-electron chi connectivity index (χ2n) is 4.24. The number of hydrogen-bond donors (Lipinski definition) is 1. The highest BCUT2D eigenvalue weighted by molar-refractivity contribution is 4.99. The fourth-order valence-electron chi connectivity index (χ4n) is 2.06. The molecule has 5 nitrogen and oxygen atoms in total. The van der Waals surface area contributed by atoms with Crippen LogP contribution < -0.4 is 5.73 Å². The molecule has 0 aromatic carbocycles. The molecule has 1 aromatic heterocycles. The van der Waals surface area contributed by atoms with Gasteiger partial charge in [0.05, 0.1) is 12.6 Å². The molecule has 0 bridgehead atoms. The summed E-state index contributed by atoms with van der Waals surface area (Å²) in [7, 11) is 0. The lowest BCUT2D eigenvalue weighted by molar-refractivity contribution is 0.130. The maximum atomic E-state index is 5.88. The van der Waals surface area contributed by atoms with Crippen LogP contribution in [0.25, 0.3) is 0 Å². The summed E-state index contributed by atoms with van der Waals surface area (Å²) in [5.41, 5.74) is 5.88. The molecule has 1 aliphatic carbocycles. The predicted octanol–water partition coefficient (Wildman–Crippen LogP) is 1.76. The Morgan fingerprint density at radius 2 is 2.25 bits per heavy atom. The van der Waals surface area contributed by atoms with Crippen LogP contribution in [0.4, 0.5) is 0 Å². The first-order valence-corrected chi connectivity index (χ1v) is 5.98. The maximum absolute atomic E-state index is 5.88. The highest BCUT2D eigenvalue weighted by atomic mass is 16.5. The Hall–Kier alpha value is -0.940. The van der Waals surface area contributed by atoms with Gasteiger partial charge in [-0.15, -0.1) is 0 Å². The molecule has 1 unspecified atom stereocenters. The Balaban J connectivity index is 1.95. The third-order valence-corrected chi connectivity index (χ3v) is 3.00. The van der Waals surface area contributed by atoms with Gasteiger partial charge in [0.1, 0.15) is 0 Å². The Labute approximate surface area is 95.3 Å². The van der Waals surface area contributed by atoms with Gasteiger partial charge < -0.3 is 15.0 Å². The molecule has 1 heterocycles. The first-order valence-electron chi connectivity index (χ1n) is 5.98. The summed E-state index contributed by atoms with van der Waals surface area (Å²) in [6, 6.07) is -0.279. The van der Waals surface area contributed by atoms with Gasteiger partial charge in [-0.25, -0.2) is 0 Å². The number of aromatic nitrogens is 2. The van der Waals surface area contributed by atoms with Crippen molar-refractivity contribution in [1.29, 1.82) is 0 Å². The third-order valence-electron chi connectivity index (χ3n) is 3.00. The van der Waals surface area contributed by atoms with E-state index in [1.54, 1.807) is 0 Å². The normalized spacial score (nSPS) is 19.1. The van der Waals surface area contributed by atoms with Crippen LogP contribution in [0, 0.1) is 0 Å². The number of ether oxygens (including phenoxy) is 1. The van der Waals surface area contributed by atoms with Crippen molar-refractivity contribution in [3.8, 4) is 0 Å². The molecule has 16 heavy (non-hydrogen) atoms. The number of nitrogens with zero attached hydrogens (tertiary/aromatic N) is 2. The lowest BCUT2D eigenvalue weighted by atomic mass is 10.1. The minimum Gasteiger partial charge on any atom is -0.380 e. The number of rotatable bonds is 5. The van der Waals surface area contributed by atoms with E-state index in [-0.39, 0.29) is 6.04 Å². The Morgan fingerprint density at radius 3 is 2.94 bits per heavy atom. The molecule has 0 aliphatic heterocycles. The van der Waals surface area contributed by atoms with Gasteiger partial charge >= 0.3 is 0 Å². The van der Waals surface area contributed by atoms with Crippen LogP contribution in [0.2, 0.25) is 0 Å². The van der Waals surface area contributed by atoms with Gasteiger partial charge in [-0.05, 0) is 19.8 Å². The fraction of sp³-hybridized carbons (Fsp3) is 0.818. The molecule has 1 fully saturated rings. The molecule has 1 aromatic rings. The van der Waals surface area contributed by atoms with Crippen LogP contribution in [-0.2, 0) is 4.74 Å². The van der Waals surface area contributed by atoms with Crippen LogP contribution in [0.3, 0.4) is 0 Å². The molecular weight excluding hydrogens is 206 g/mol. The van der Waals surface area contributed by atoms with Crippen LogP contribution in [-0.4, -0.2) is 23.4 Å². The monoisotopic (exact) mass is 225 g/mol.